The Morgan fingerprint density at radius 2 is 1.94 bits per heavy atom. The summed E-state index contributed by atoms with van der Waals surface area (Å²) in [4.78, 5) is 22.1. The van der Waals surface area contributed by atoms with Crippen LogP contribution in [0.1, 0.15) is 60.2 Å². The van der Waals surface area contributed by atoms with Crippen LogP contribution in [0.3, 0.4) is 0 Å². The minimum atomic E-state index is -4.87. The van der Waals surface area contributed by atoms with Gasteiger partial charge in [-0.05, 0) is 62.1 Å². The van der Waals surface area contributed by atoms with Gasteiger partial charge in [0.2, 0.25) is 0 Å². The fraction of sp³-hybridized carbons (Fsp3) is 0.440. The molecule has 1 aliphatic carbocycles. The van der Waals surface area contributed by atoms with Gasteiger partial charge in [0.15, 0.2) is 0 Å². The van der Waals surface area contributed by atoms with Crippen molar-refractivity contribution in [1.29, 1.82) is 0 Å². The van der Waals surface area contributed by atoms with E-state index in [1.165, 1.54) is 12.3 Å². The smallest absolute Gasteiger partial charge is 0.406 e. The second kappa shape index (κ2) is 9.27. The first-order valence-electron chi connectivity index (χ1n) is 12.3. The van der Waals surface area contributed by atoms with E-state index in [2.05, 4.69) is 14.7 Å². The number of rotatable bonds is 3. The van der Waals surface area contributed by atoms with E-state index in [4.69, 9.17) is 7.10 Å². The average molecular weight is 508 g/mol. The predicted octanol–water partition coefficient (Wildman–Crippen LogP) is 4.44. The Bertz CT molecular complexity index is 1350. The maximum absolute atomic E-state index is 15.2. The lowest BCUT2D eigenvalue weighted by molar-refractivity contribution is -0.274. The Balaban J connectivity index is 1.35. The molecule has 1 fully saturated rings. The zero-order valence-electron chi connectivity index (χ0n) is 20.3. The van der Waals surface area contributed by atoms with Crippen LogP contribution in [0.25, 0.3) is 11.0 Å². The molecule has 0 unspecified atom stereocenters. The van der Waals surface area contributed by atoms with Gasteiger partial charge in [-0.2, -0.15) is 0 Å². The number of aromatic nitrogens is 2. The highest BCUT2D eigenvalue weighted by atomic mass is 19.4. The molecule has 3 heterocycles. The Morgan fingerprint density at radius 3 is 2.64 bits per heavy atom. The number of aryl methyl sites for hydroxylation is 2. The summed E-state index contributed by atoms with van der Waals surface area (Å²) in [6, 6.07) is 3.22. The van der Waals surface area contributed by atoms with Crippen molar-refractivity contribution in [2.24, 2.45) is 0 Å². The summed E-state index contributed by atoms with van der Waals surface area (Å²) in [7, 11) is 0. The SMILES string of the molecule is [2H][C@@]1(O)CCc2[nH]c3ncc(F)c(C4CCN(C(=O)c5ccc(OC(F)(F)F)cc5N)CC4)c3c2CC1. The van der Waals surface area contributed by atoms with E-state index in [9.17, 15) is 23.1 Å². The van der Waals surface area contributed by atoms with Gasteiger partial charge in [0.05, 0.1) is 19.2 Å². The molecule has 7 nitrogen and oxygen atoms in total. The van der Waals surface area contributed by atoms with Crippen LogP contribution >= 0.6 is 0 Å². The number of amides is 1. The number of likely N-dealkylation sites (tertiary alicyclic amines) is 1. The number of H-pyrrole nitrogens is 1. The molecule has 11 heteroatoms. The third-order valence-electron chi connectivity index (χ3n) is 7.01. The van der Waals surface area contributed by atoms with Crippen molar-refractivity contribution in [1.82, 2.24) is 14.9 Å². The second-order valence-electron chi connectivity index (χ2n) is 9.26. The molecule has 36 heavy (non-hydrogen) atoms. The number of aliphatic hydroxyl groups is 1. The summed E-state index contributed by atoms with van der Waals surface area (Å²) >= 11 is 0. The number of carbonyl (C=O) groups excluding carboxylic acids is 1. The Hall–Kier alpha value is -3.34. The number of benzene rings is 1. The minimum Gasteiger partial charge on any atom is -0.406 e. The summed E-state index contributed by atoms with van der Waals surface area (Å²) in [5.74, 6) is -1.55. The lowest BCUT2D eigenvalue weighted by atomic mass is 9.86. The molecule has 3 aromatic rings. The van der Waals surface area contributed by atoms with Crippen LogP contribution in [-0.2, 0) is 12.8 Å². The van der Waals surface area contributed by atoms with Crippen LogP contribution in [-0.4, -0.2) is 51.4 Å². The van der Waals surface area contributed by atoms with E-state index in [0.717, 1.165) is 23.4 Å². The number of carbonyl (C=O) groups is 1. The molecule has 0 bridgehead atoms. The first kappa shape index (κ1) is 23.1. The van der Waals surface area contributed by atoms with E-state index in [-0.39, 0.29) is 30.0 Å². The van der Waals surface area contributed by atoms with Crippen molar-refractivity contribution in [2.45, 2.75) is 56.9 Å². The van der Waals surface area contributed by atoms with Gasteiger partial charge in [0.25, 0.3) is 5.91 Å². The summed E-state index contributed by atoms with van der Waals surface area (Å²) in [5, 5.41) is 10.9. The second-order valence-corrected chi connectivity index (χ2v) is 9.26. The number of aromatic amines is 1. The number of nitrogens with one attached hydrogen (secondary N) is 1. The fourth-order valence-corrected chi connectivity index (χ4v) is 5.30. The van der Waals surface area contributed by atoms with Crippen molar-refractivity contribution in [3.8, 4) is 5.75 Å². The molecule has 1 aromatic carbocycles. The van der Waals surface area contributed by atoms with Crippen molar-refractivity contribution < 1.29 is 33.6 Å². The molecule has 5 rings (SSSR count). The van der Waals surface area contributed by atoms with Crippen LogP contribution in [0.15, 0.2) is 24.4 Å². The number of nitrogens with zero attached hydrogens (tertiary/aromatic N) is 2. The van der Waals surface area contributed by atoms with Gasteiger partial charge in [-0.3, -0.25) is 4.79 Å². The standard InChI is InChI=1S/C25H26F4N4O3/c26-18-12-31-23-22(17-4-1-14(34)2-6-20(17)32-23)21(18)13-7-9-33(10-8-13)24(35)16-5-3-15(11-19(16)30)36-25(27,28)29/h3,5,11-14,34H,1-2,4,6-10,30H2,(H,31,32)/t14-/m0/s1/i14D. The van der Waals surface area contributed by atoms with E-state index in [1.54, 1.807) is 4.90 Å². The fourth-order valence-electron chi connectivity index (χ4n) is 5.30. The summed E-state index contributed by atoms with van der Waals surface area (Å²) in [6.07, 6.45) is -2.85. The van der Waals surface area contributed by atoms with Gasteiger partial charge in [-0.15, -0.1) is 13.2 Å². The molecule has 1 aliphatic heterocycles. The monoisotopic (exact) mass is 507 g/mol. The molecule has 4 N–H and O–H groups in total. The lowest BCUT2D eigenvalue weighted by Crippen LogP contribution is -2.38. The molecule has 0 radical (unpaired) electrons. The largest absolute Gasteiger partial charge is 0.573 e. The number of anilines is 1. The van der Waals surface area contributed by atoms with Crippen LogP contribution in [0.4, 0.5) is 23.2 Å². The quantitative estimate of drug-likeness (QED) is 0.276. The minimum absolute atomic E-state index is 0.0734. The van der Waals surface area contributed by atoms with Crippen molar-refractivity contribution in [2.75, 3.05) is 18.8 Å². The maximum Gasteiger partial charge on any atom is 0.573 e. The van der Waals surface area contributed by atoms with Crippen LogP contribution in [0, 0.1) is 5.82 Å². The number of hydrogen-bond acceptors (Lipinski definition) is 5. The zero-order valence-corrected chi connectivity index (χ0v) is 19.3. The Kier molecular flexibility index (Phi) is 5.94. The molecule has 0 saturated carbocycles. The molecule has 1 atom stereocenters. The summed E-state index contributed by atoms with van der Waals surface area (Å²) in [6.45, 7) is 0.623. The summed E-state index contributed by atoms with van der Waals surface area (Å²) < 4.78 is 64.4. The van der Waals surface area contributed by atoms with E-state index >= 15 is 4.39 Å². The first-order chi connectivity index (χ1) is 17.4. The Labute approximate surface area is 205 Å². The highest BCUT2D eigenvalue weighted by molar-refractivity contribution is 5.99. The number of ether oxygens (including phenoxy) is 1. The number of pyridine rings is 1. The van der Waals surface area contributed by atoms with Crippen molar-refractivity contribution in [3.63, 3.8) is 0 Å². The molecular weight excluding hydrogens is 480 g/mol. The van der Waals surface area contributed by atoms with Gasteiger partial charge < -0.3 is 25.5 Å². The van der Waals surface area contributed by atoms with Gasteiger partial charge in [-0.25, -0.2) is 9.37 Å². The van der Waals surface area contributed by atoms with E-state index < -0.39 is 29.9 Å². The number of nitrogen functional groups attached to an aromatic ring is 1. The topological polar surface area (TPSA) is 104 Å². The number of alkyl halides is 3. The van der Waals surface area contributed by atoms with Gasteiger partial charge in [0, 0.05) is 41.5 Å². The van der Waals surface area contributed by atoms with Gasteiger partial charge in [-0.1, -0.05) is 0 Å². The molecule has 2 aromatic heterocycles. The predicted molar refractivity (Wildman–Crippen MR) is 124 cm³/mol. The van der Waals surface area contributed by atoms with Crippen LogP contribution in [0.5, 0.6) is 5.75 Å². The third-order valence-corrected chi connectivity index (χ3v) is 7.01. The van der Waals surface area contributed by atoms with E-state index in [1.807, 2.05) is 0 Å². The highest BCUT2D eigenvalue weighted by Gasteiger charge is 2.33. The van der Waals surface area contributed by atoms with Gasteiger partial charge in [0.1, 0.15) is 17.2 Å². The molecular formula is C25H26F4N4O3. The summed E-state index contributed by atoms with van der Waals surface area (Å²) in [5.41, 5.74) is 8.64. The molecule has 192 valence electrons. The molecule has 2 aliphatic rings. The van der Waals surface area contributed by atoms with Gasteiger partial charge >= 0.3 is 6.36 Å². The van der Waals surface area contributed by atoms with E-state index in [0.29, 0.717) is 55.4 Å². The number of piperidine rings is 1. The zero-order chi connectivity index (χ0) is 26.5. The lowest BCUT2D eigenvalue weighted by Gasteiger charge is -2.33. The molecule has 0 spiro atoms. The first-order valence-corrected chi connectivity index (χ1v) is 11.8. The molecule has 1 saturated heterocycles. The van der Waals surface area contributed by atoms with Crippen molar-refractivity contribution >= 4 is 22.6 Å². The number of nitrogens with two attached hydrogens (primary N) is 1. The number of halogens is 4. The third kappa shape index (κ3) is 4.71. The number of fused-ring (bicyclic) bond motifs is 3. The average Bonchev–Trinajstić information content (AvgIpc) is 3.10. The normalized spacial score (nSPS) is 21.7. The molecule has 1 amide bonds. The number of hydrogen-bond donors (Lipinski definition) is 3. The maximum atomic E-state index is 15.2. The highest BCUT2D eigenvalue weighted by Crippen LogP contribution is 2.39. The Morgan fingerprint density at radius 1 is 1.22 bits per heavy atom. The van der Waals surface area contributed by atoms with Crippen molar-refractivity contribution in [3.05, 3.63) is 52.6 Å². The van der Waals surface area contributed by atoms with Crippen LogP contribution in [0.2, 0.25) is 0 Å². The van der Waals surface area contributed by atoms with Crippen LogP contribution < -0.4 is 10.5 Å².